The van der Waals surface area contributed by atoms with Gasteiger partial charge in [-0.1, -0.05) is 17.7 Å². The first-order chi connectivity index (χ1) is 13.7. The van der Waals surface area contributed by atoms with Crippen LogP contribution in [-0.4, -0.2) is 29.0 Å². The van der Waals surface area contributed by atoms with Crippen LogP contribution in [0.3, 0.4) is 0 Å². The number of sulfone groups is 1. The van der Waals surface area contributed by atoms with Gasteiger partial charge < -0.3 is 5.32 Å². The van der Waals surface area contributed by atoms with Gasteiger partial charge in [0.1, 0.15) is 5.82 Å². The van der Waals surface area contributed by atoms with Gasteiger partial charge in [0.05, 0.1) is 27.8 Å². The van der Waals surface area contributed by atoms with Crippen molar-refractivity contribution >= 4 is 27.2 Å². The number of amides is 1. The zero-order valence-corrected chi connectivity index (χ0v) is 16.1. The summed E-state index contributed by atoms with van der Waals surface area (Å²) >= 11 is 0. The number of nitro benzene ring substituents is 1. The van der Waals surface area contributed by atoms with Crippen LogP contribution < -0.4 is 5.32 Å². The second-order valence-electron chi connectivity index (χ2n) is 6.81. The van der Waals surface area contributed by atoms with Gasteiger partial charge in [0.2, 0.25) is 0 Å². The Morgan fingerprint density at radius 2 is 1.76 bits per heavy atom. The van der Waals surface area contributed by atoms with Crippen LogP contribution in [-0.2, 0) is 21.3 Å². The highest BCUT2D eigenvalue weighted by atomic mass is 32.2. The van der Waals surface area contributed by atoms with Crippen LogP contribution in [0.25, 0.3) is 5.69 Å². The van der Waals surface area contributed by atoms with E-state index in [2.05, 4.69) is 10.4 Å². The minimum absolute atomic E-state index is 0.127. The van der Waals surface area contributed by atoms with Gasteiger partial charge in [0.25, 0.3) is 11.6 Å². The Balaban J connectivity index is 1.73. The lowest BCUT2D eigenvalue weighted by Crippen LogP contribution is -2.17. The lowest BCUT2D eigenvalue weighted by molar-refractivity contribution is -0.384. The second-order valence-corrected chi connectivity index (χ2v) is 8.88. The lowest BCUT2D eigenvalue weighted by atomic mass is 10.2. The van der Waals surface area contributed by atoms with Crippen molar-refractivity contribution in [3.63, 3.8) is 0 Å². The summed E-state index contributed by atoms with van der Waals surface area (Å²) in [6, 6.07) is 12.6. The molecule has 2 aromatic carbocycles. The Morgan fingerprint density at radius 3 is 2.38 bits per heavy atom. The first-order valence-corrected chi connectivity index (χ1v) is 10.5. The minimum Gasteiger partial charge on any atom is -0.306 e. The molecular weight excluding hydrogens is 396 g/mol. The predicted molar refractivity (Wildman–Crippen MR) is 106 cm³/mol. The Hall–Kier alpha value is -3.53. The molecule has 4 rings (SSSR count). The van der Waals surface area contributed by atoms with E-state index in [4.69, 9.17) is 0 Å². The molecule has 0 saturated carbocycles. The number of carbonyl (C=O) groups excluding carboxylic acids is 1. The topological polar surface area (TPSA) is 124 Å². The summed E-state index contributed by atoms with van der Waals surface area (Å²) in [5, 5.41) is 17.9. The van der Waals surface area contributed by atoms with Gasteiger partial charge in [-0.3, -0.25) is 14.9 Å². The van der Waals surface area contributed by atoms with E-state index >= 15 is 0 Å². The minimum atomic E-state index is -3.31. The van der Waals surface area contributed by atoms with E-state index in [1.54, 1.807) is 0 Å². The number of aromatic nitrogens is 2. The number of benzene rings is 2. The van der Waals surface area contributed by atoms with Crippen molar-refractivity contribution in [2.24, 2.45) is 0 Å². The average molecular weight is 412 g/mol. The standard InChI is InChI=1S/C19H16N4O5S/c1-12-2-6-14(7-3-12)22-18(16-10-29(27,28)11-17(16)21-22)20-19(24)13-4-8-15(9-5-13)23(25)26/h2-9H,10-11H2,1H3,(H,20,24). The number of nitro groups is 1. The fourth-order valence-corrected chi connectivity index (χ4v) is 4.65. The van der Waals surface area contributed by atoms with Crippen LogP contribution in [0.1, 0.15) is 27.2 Å². The predicted octanol–water partition coefficient (Wildman–Crippen LogP) is 2.77. The van der Waals surface area contributed by atoms with Crippen LogP contribution in [0, 0.1) is 17.0 Å². The fraction of sp³-hybridized carbons (Fsp3) is 0.158. The van der Waals surface area contributed by atoms with E-state index in [9.17, 15) is 23.3 Å². The van der Waals surface area contributed by atoms with Gasteiger partial charge >= 0.3 is 0 Å². The number of nitrogens with zero attached hydrogens (tertiary/aromatic N) is 3. The van der Waals surface area contributed by atoms with Crippen LogP contribution in [0.4, 0.5) is 11.5 Å². The number of non-ortho nitro benzene ring substituents is 1. The SMILES string of the molecule is Cc1ccc(-n2nc3c(c2NC(=O)c2ccc([N+](=O)[O-])cc2)CS(=O)(=O)C3)cc1. The summed E-state index contributed by atoms with van der Waals surface area (Å²) in [5.74, 6) is -0.611. The number of hydrogen-bond acceptors (Lipinski definition) is 6. The van der Waals surface area contributed by atoms with Gasteiger partial charge in [-0.25, -0.2) is 13.1 Å². The third kappa shape index (κ3) is 3.61. The number of aryl methyl sites for hydroxylation is 1. The molecule has 1 aliphatic rings. The van der Waals surface area contributed by atoms with Crippen molar-refractivity contribution in [1.82, 2.24) is 9.78 Å². The molecule has 1 aromatic heterocycles. The number of hydrogen-bond donors (Lipinski definition) is 1. The number of nitrogens with one attached hydrogen (secondary N) is 1. The van der Waals surface area contributed by atoms with Crippen molar-refractivity contribution in [3.05, 3.63) is 81.0 Å². The molecule has 0 fully saturated rings. The van der Waals surface area contributed by atoms with Crippen molar-refractivity contribution in [2.75, 3.05) is 5.32 Å². The van der Waals surface area contributed by atoms with E-state index in [-0.39, 0.29) is 28.6 Å². The van der Waals surface area contributed by atoms with Crippen molar-refractivity contribution in [1.29, 1.82) is 0 Å². The summed E-state index contributed by atoms with van der Waals surface area (Å²) in [6.45, 7) is 1.94. The highest BCUT2D eigenvalue weighted by Gasteiger charge is 2.33. The molecule has 29 heavy (non-hydrogen) atoms. The van der Waals surface area contributed by atoms with Crippen molar-refractivity contribution in [3.8, 4) is 5.69 Å². The fourth-order valence-electron chi connectivity index (χ4n) is 3.16. The monoisotopic (exact) mass is 412 g/mol. The van der Waals surface area contributed by atoms with Gasteiger partial charge in [-0.05, 0) is 31.2 Å². The van der Waals surface area contributed by atoms with Gasteiger partial charge in [0, 0.05) is 23.3 Å². The molecule has 1 N–H and O–H groups in total. The maximum atomic E-state index is 12.7. The summed E-state index contributed by atoms with van der Waals surface area (Å²) in [7, 11) is -3.31. The molecule has 1 aliphatic heterocycles. The highest BCUT2D eigenvalue weighted by Crippen LogP contribution is 2.33. The lowest BCUT2D eigenvalue weighted by Gasteiger charge is -2.11. The molecule has 0 aliphatic carbocycles. The summed E-state index contributed by atoms with van der Waals surface area (Å²) in [6.07, 6.45) is 0. The second kappa shape index (κ2) is 6.82. The zero-order valence-electron chi connectivity index (χ0n) is 15.3. The average Bonchev–Trinajstić information content (AvgIpc) is 3.15. The van der Waals surface area contributed by atoms with Crippen LogP contribution >= 0.6 is 0 Å². The normalized spacial score (nSPS) is 14.4. The van der Waals surface area contributed by atoms with E-state index in [1.165, 1.54) is 28.9 Å². The number of fused-ring (bicyclic) bond motifs is 1. The first kappa shape index (κ1) is 18.8. The van der Waals surface area contributed by atoms with Crippen molar-refractivity contribution in [2.45, 2.75) is 18.4 Å². The van der Waals surface area contributed by atoms with E-state index in [0.29, 0.717) is 16.9 Å². The Labute approximate surface area is 166 Å². The van der Waals surface area contributed by atoms with Crippen molar-refractivity contribution < 1.29 is 18.1 Å². The number of anilines is 1. The Morgan fingerprint density at radius 1 is 1.10 bits per heavy atom. The molecule has 1 amide bonds. The van der Waals surface area contributed by atoms with E-state index in [1.807, 2.05) is 31.2 Å². The van der Waals surface area contributed by atoms with E-state index in [0.717, 1.165) is 5.56 Å². The summed E-state index contributed by atoms with van der Waals surface area (Å²) in [4.78, 5) is 23.0. The van der Waals surface area contributed by atoms with Gasteiger partial charge in [-0.15, -0.1) is 0 Å². The smallest absolute Gasteiger partial charge is 0.269 e. The quantitative estimate of drug-likeness (QED) is 0.519. The molecule has 10 heteroatoms. The highest BCUT2D eigenvalue weighted by molar-refractivity contribution is 7.90. The zero-order chi connectivity index (χ0) is 20.8. The molecule has 0 bridgehead atoms. The molecule has 0 radical (unpaired) electrons. The van der Waals surface area contributed by atoms with Crippen LogP contribution in [0.15, 0.2) is 48.5 Å². The molecule has 0 spiro atoms. The maximum absolute atomic E-state index is 12.7. The van der Waals surface area contributed by atoms with Gasteiger partial charge in [0.15, 0.2) is 9.84 Å². The molecule has 9 nitrogen and oxygen atoms in total. The molecule has 2 heterocycles. The molecule has 0 unspecified atom stereocenters. The molecule has 3 aromatic rings. The number of carbonyl (C=O) groups is 1. The largest absolute Gasteiger partial charge is 0.306 e. The van der Waals surface area contributed by atoms with Gasteiger partial charge in [-0.2, -0.15) is 5.10 Å². The van der Waals surface area contributed by atoms with Crippen LogP contribution in [0.2, 0.25) is 0 Å². The third-order valence-corrected chi connectivity index (χ3v) is 6.08. The number of rotatable bonds is 4. The summed E-state index contributed by atoms with van der Waals surface area (Å²) < 4.78 is 25.6. The first-order valence-electron chi connectivity index (χ1n) is 8.67. The Bertz CT molecular complexity index is 1230. The molecule has 0 atom stereocenters. The van der Waals surface area contributed by atoms with E-state index < -0.39 is 20.7 Å². The molecular formula is C19H16N4O5S. The van der Waals surface area contributed by atoms with Crippen LogP contribution in [0.5, 0.6) is 0 Å². The molecule has 148 valence electrons. The maximum Gasteiger partial charge on any atom is 0.269 e. The summed E-state index contributed by atoms with van der Waals surface area (Å²) in [5.41, 5.74) is 2.68. The third-order valence-electron chi connectivity index (χ3n) is 4.64. The molecule has 0 saturated heterocycles. The Kier molecular flexibility index (Phi) is 4.42.